The summed E-state index contributed by atoms with van der Waals surface area (Å²) in [6.07, 6.45) is 0.710. The Bertz CT molecular complexity index is 1260. The van der Waals surface area contributed by atoms with Crippen LogP contribution in [0.25, 0.3) is 16.3 Å². The molecule has 3 heterocycles. The number of nitrogens with one attached hydrogen (secondary N) is 1. The molecule has 0 aliphatic carbocycles. The second kappa shape index (κ2) is 7.21. The van der Waals surface area contributed by atoms with Crippen LogP contribution in [0.3, 0.4) is 0 Å². The van der Waals surface area contributed by atoms with Crippen molar-refractivity contribution in [3.05, 3.63) is 70.0 Å². The number of rotatable bonds is 2. The fourth-order valence-corrected chi connectivity index (χ4v) is 4.78. The van der Waals surface area contributed by atoms with E-state index in [-0.39, 0.29) is 11.8 Å². The first-order valence-electron chi connectivity index (χ1n) is 9.75. The standard InChI is InChI=1S/C22H20FN5OS/c1-13-4-3-5-17(14(13)2)24-21(29)27-11-10-18-19(12-27)30-22-25-20(26-28(18)22)15-6-8-16(23)9-7-15/h3-9H,10-12H2,1-2H3,(H,24,29). The van der Waals surface area contributed by atoms with Crippen molar-refractivity contribution < 1.29 is 9.18 Å². The van der Waals surface area contributed by atoms with Crippen molar-refractivity contribution >= 4 is 28.0 Å². The van der Waals surface area contributed by atoms with Crippen molar-refractivity contribution in [2.75, 3.05) is 11.9 Å². The molecule has 6 nitrogen and oxygen atoms in total. The normalized spacial score (nSPS) is 13.5. The number of aromatic nitrogens is 3. The Morgan fingerprint density at radius 1 is 1.17 bits per heavy atom. The van der Waals surface area contributed by atoms with Gasteiger partial charge >= 0.3 is 6.03 Å². The van der Waals surface area contributed by atoms with Gasteiger partial charge in [0.25, 0.3) is 0 Å². The van der Waals surface area contributed by atoms with Crippen LogP contribution in [-0.2, 0) is 13.0 Å². The highest BCUT2D eigenvalue weighted by atomic mass is 32.1. The smallest absolute Gasteiger partial charge is 0.319 e. The second-order valence-electron chi connectivity index (χ2n) is 7.46. The predicted molar refractivity (Wildman–Crippen MR) is 115 cm³/mol. The first-order valence-corrected chi connectivity index (χ1v) is 10.6. The van der Waals surface area contributed by atoms with E-state index in [4.69, 9.17) is 0 Å². The Labute approximate surface area is 177 Å². The molecule has 8 heteroatoms. The highest BCUT2D eigenvalue weighted by Gasteiger charge is 2.26. The third-order valence-corrected chi connectivity index (χ3v) is 6.62. The number of halogens is 1. The number of amides is 2. The average molecular weight is 422 g/mol. The van der Waals surface area contributed by atoms with Gasteiger partial charge in [-0.05, 0) is 55.3 Å². The Morgan fingerprint density at radius 2 is 1.97 bits per heavy atom. The van der Waals surface area contributed by atoms with E-state index >= 15 is 0 Å². The summed E-state index contributed by atoms with van der Waals surface area (Å²) in [7, 11) is 0. The van der Waals surface area contributed by atoms with Gasteiger partial charge < -0.3 is 10.2 Å². The molecule has 2 amide bonds. The van der Waals surface area contributed by atoms with Crippen molar-refractivity contribution in [1.29, 1.82) is 0 Å². The van der Waals surface area contributed by atoms with Crippen molar-refractivity contribution in [1.82, 2.24) is 19.5 Å². The summed E-state index contributed by atoms with van der Waals surface area (Å²) in [5.74, 6) is 0.301. The van der Waals surface area contributed by atoms with Crippen LogP contribution >= 0.6 is 11.3 Å². The molecule has 4 aromatic rings. The van der Waals surface area contributed by atoms with Gasteiger partial charge in [-0.25, -0.2) is 13.7 Å². The number of nitrogens with zero attached hydrogens (tertiary/aromatic N) is 4. The van der Waals surface area contributed by atoms with Gasteiger partial charge in [0.1, 0.15) is 5.82 Å². The van der Waals surface area contributed by atoms with Gasteiger partial charge in [-0.2, -0.15) is 4.98 Å². The molecule has 0 atom stereocenters. The Morgan fingerprint density at radius 3 is 2.77 bits per heavy atom. The molecule has 1 aliphatic heterocycles. The maximum absolute atomic E-state index is 13.2. The van der Waals surface area contributed by atoms with Gasteiger partial charge in [0.2, 0.25) is 4.96 Å². The minimum atomic E-state index is -0.281. The van der Waals surface area contributed by atoms with E-state index in [0.29, 0.717) is 25.3 Å². The lowest BCUT2D eigenvalue weighted by atomic mass is 10.1. The number of benzene rings is 2. The SMILES string of the molecule is Cc1cccc(NC(=O)N2CCc3c(sc4nc(-c5ccc(F)cc5)nn34)C2)c1C. The highest BCUT2D eigenvalue weighted by Crippen LogP contribution is 2.30. The maximum Gasteiger partial charge on any atom is 0.322 e. The van der Waals surface area contributed by atoms with E-state index in [0.717, 1.165) is 37.9 Å². The minimum Gasteiger partial charge on any atom is -0.319 e. The van der Waals surface area contributed by atoms with E-state index in [1.54, 1.807) is 23.5 Å². The molecule has 2 aromatic heterocycles. The zero-order valence-electron chi connectivity index (χ0n) is 16.6. The van der Waals surface area contributed by atoms with Crippen LogP contribution in [0.2, 0.25) is 0 Å². The molecule has 1 aliphatic rings. The summed E-state index contributed by atoms with van der Waals surface area (Å²) in [6, 6.07) is 12.0. The number of fused-ring (bicyclic) bond motifs is 3. The van der Waals surface area contributed by atoms with Gasteiger partial charge in [-0.1, -0.05) is 23.5 Å². The Kier molecular flexibility index (Phi) is 4.51. The fraction of sp³-hybridized carbons (Fsp3) is 0.227. The molecule has 30 heavy (non-hydrogen) atoms. The molecular weight excluding hydrogens is 401 g/mol. The largest absolute Gasteiger partial charge is 0.322 e. The van der Waals surface area contributed by atoms with Crippen molar-refractivity contribution in [2.45, 2.75) is 26.8 Å². The molecule has 0 bridgehead atoms. The molecule has 0 saturated carbocycles. The lowest BCUT2D eigenvalue weighted by molar-refractivity contribution is 0.206. The first-order chi connectivity index (χ1) is 14.5. The zero-order valence-corrected chi connectivity index (χ0v) is 17.5. The number of hydrogen-bond donors (Lipinski definition) is 1. The summed E-state index contributed by atoms with van der Waals surface area (Å²) >= 11 is 1.55. The highest BCUT2D eigenvalue weighted by molar-refractivity contribution is 7.17. The van der Waals surface area contributed by atoms with Crippen LogP contribution in [0.5, 0.6) is 0 Å². The van der Waals surface area contributed by atoms with Crippen LogP contribution in [0.1, 0.15) is 21.7 Å². The third-order valence-electron chi connectivity index (χ3n) is 5.56. The van der Waals surface area contributed by atoms with Gasteiger partial charge in [0.05, 0.1) is 12.2 Å². The molecule has 0 spiro atoms. The van der Waals surface area contributed by atoms with Crippen LogP contribution in [-0.4, -0.2) is 32.1 Å². The molecule has 0 fully saturated rings. The number of anilines is 1. The monoisotopic (exact) mass is 421 g/mol. The molecule has 0 radical (unpaired) electrons. The Hall–Kier alpha value is -3.26. The third kappa shape index (κ3) is 3.23. The van der Waals surface area contributed by atoms with Gasteiger partial charge in [-0.3, -0.25) is 0 Å². The molecule has 0 unspecified atom stereocenters. The van der Waals surface area contributed by atoms with Crippen LogP contribution < -0.4 is 5.32 Å². The zero-order chi connectivity index (χ0) is 20.8. The summed E-state index contributed by atoms with van der Waals surface area (Å²) in [5, 5.41) is 7.66. The minimum absolute atomic E-state index is 0.0969. The number of urea groups is 1. The van der Waals surface area contributed by atoms with Crippen molar-refractivity contribution in [3.63, 3.8) is 0 Å². The quantitative estimate of drug-likeness (QED) is 0.506. The maximum atomic E-state index is 13.2. The predicted octanol–water partition coefficient (Wildman–Crippen LogP) is 4.80. The summed E-state index contributed by atoms with van der Waals surface area (Å²) in [6.45, 7) is 5.19. The first kappa shape index (κ1) is 18.7. The molecular formula is C22H20FN5OS. The number of carbonyl (C=O) groups excluding carboxylic acids is 1. The topological polar surface area (TPSA) is 62.5 Å². The number of hydrogen-bond acceptors (Lipinski definition) is 4. The van der Waals surface area contributed by atoms with Gasteiger partial charge in [0, 0.05) is 29.1 Å². The van der Waals surface area contributed by atoms with E-state index in [1.807, 2.05) is 41.5 Å². The molecule has 2 aromatic carbocycles. The van der Waals surface area contributed by atoms with Crippen LogP contribution in [0, 0.1) is 19.7 Å². The Balaban J connectivity index is 1.36. The van der Waals surface area contributed by atoms with E-state index in [9.17, 15) is 9.18 Å². The summed E-state index contributed by atoms with van der Waals surface area (Å²) in [5.41, 5.74) is 4.95. The van der Waals surface area contributed by atoms with Crippen molar-refractivity contribution in [2.24, 2.45) is 0 Å². The lowest BCUT2D eigenvalue weighted by Gasteiger charge is -2.27. The van der Waals surface area contributed by atoms with E-state index in [2.05, 4.69) is 15.4 Å². The van der Waals surface area contributed by atoms with Gasteiger partial charge in [-0.15, -0.1) is 5.10 Å². The number of thiazole rings is 1. The fourth-order valence-electron chi connectivity index (χ4n) is 3.66. The molecule has 152 valence electrons. The van der Waals surface area contributed by atoms with E-state index in [1.165, 1.54) is 12.1 Å². The van der Waals surface area contributed by atoms with Crippen LogP contribution in [0.15, 0.2) is 42.5 Å². The lowest BCUT2D eigenvalue weighted by Crippen LogP contribution is -2.38. The number of carbonyl (C=O) groups is 1. The number of aryl methyl sites for hydroxylation is 1. The van der Waals surface area contributed by atoms with E-state index < -0.39 is 0 Å². The van der Waals surface area contributed by atoms with Gasteiger partial charge in [0.15, 0.2) is 5.82 Å². The molecule has 0 saturated heterocycles. The second-order valence-corrected chi connectivity index (χ2v) is 8.52. The van der Waals surface area contributed by atoms with Crippen LogP contribution in [0.4, 0.5) is 14.9 Å². The summed E-state index contributed by atoms with van der Waals surface area (Å²) < 4.78 is 15.0. The summed E-state index contributed by atoms with van der Waals surface area (Å²) in [4.78, 5) is 21.1. The average Bonchev–Trinajstić information content (AvgIpc) is 3.29. The molecule has 1 N–H and O–H groups in total. The molecule has 5 rings (SSSR count). The van der Waals surface area contributed by atoms with Crippen molar-refractivity contribution in [3.8, 4) is 11.4 Å².